The molecule has 2 unspecified atom stereocenters. The molecule has 3 heterocycles. The summed E-state index contributed by atoms with van der Waals surface area (Å²) in [5.41, 5.74) is 7.44. The van der Waals surface area contributed by atoms with E-state index >= 15 is 0 Å². The molecule has 2 aliphatic heterocycles. The molecule has 1 aromatic heterocycles. The van der Waals surface area contributed by atoms with Crippen LogP contribution in [0.3, 0.4) is 0 Å². The Kier molecular flexibility index (Phi) is 3.96. The molecule has 2 atom stereocenters. The second-order valence-corrected chi connectivity index (χ2v) is 6.64. The van der Waals surface area contributed by atoms with Gasteiger partial charge < -0.3 is 16.0 Å². The molecular weight excluding hydrogens is 320 g/mol. The van der Waals surface area contributed by atoms with E-state index in [0.717, 1.165) is 31.0 Å². The molecule has 2 aliphatic rings. The highest BCUT2D eigenvalue weighted by Crippen LogP contribution is 2.30. The molecular formula is C17H20N6O2. The number of nitrogens with one attached hydrogen (secondary N) is 1. The fourth-order valence-corrected chi connectivity index (χ4v) is 3.75. The Labute approximate surface area is 145 Å². The van der Waals surface area contributed by atoms with E-state index in [0.29, 0.717) is 17.7 Å². The van der Waals surface area contributed by atoms with Crippen LogP contribution in [-0.4, -0.2) is 40.6 Å². The van der Waals surface area contributed by atoms with Crippen LogP contribution in [0.5, 0.6) is 0 Å². The summed E-state index contributed by atoms with van der Waals surface area (Å²) >= 11 is 0. The number of nitrogens with zero attached hydrogens (tertiary/aromatic N) is 4. The van der Waals surface area contributed by atoms with E-state index in [1.807, 2.05) is 6.07 Å². The van der Waals surface area contributed by atoms with Crippen molar-refractivity contribution in [3.05, 3.63) is 40.4 Å². The monoisotopic (exact) mass is 340 g/mol. The highest BCUT2D eigenvalue weighted by atomic mass is 16.6. The van der Waals surface area contributed by atoms with E-state index in [9.17, 15) is 10.1 Å². The topological polar surface area (TPSA) is 110 Å². The van der Waals surface area contributed by atoms with E-state index in [-0.39, 0.29) is 11.6 Å². The number of piperidine rings is 1. The van der Waals surface area contributed by atoms with Crippen LogP contribution in [0, 0.1) is 16.0 Å². The zero-order valence-corrected chi connectivity index (χ0v) is 13.8. The third-order valence-electron chi connectivity index (χ3n) is 5.03. The Hall–Kier alpha value is -2.74. The van der Waals surface area contributed by atoms with Gasteiger partial charge in [0, 0.05) is 42.9 Å². The normalized spacial score (nSPS) is 22.6. The smallest absolute Gasteiger partial charge is 0.269 e. The largest absolute Gasteiger partial charge is 0.368 e. The average molecular weight is 340 g/mol. The quantitative estimate of drug-likeness (QED) is 0.647. The van der Waals surface area contributed by atoms with Crippen molar-refractivity contribution in [3.8, 4) is 11.3 Å². The lowest BCUT2D eigenvalue weighted by Crippen LogP contribution is -2.40. The predicted molar refractivity (Wildman–Crippen MR) is 95.3 cm³/mol. The molecule has 4 rings (SSSR count). The van der Waals surface area contributed by atoms with Gasteiger partial charge in [-0.25, -0.2) is 4.98 Å². The number of nitrogen functional groups attached to an aromatic ring is 1. The number of fused-ring (bicyclic) bond motifs is 1. The number of benzene rings is 1. The maximum atomic E-state index is 10.8. The van der Waals surface area contributed by atoms with Crippen LogP contribution in [-0.2, 0) is 0 Å². The van der Waals surface area contributed by atoms with Crippen molar-refractivity contribution in [3.63, 3.8) is 0 Å². The van der Waals surface area contributed by atoms with Gasteiger partial charge in [-0.15, -0.1) is 0 Å². The summed E-state index contributed by atoms with van der Waals surface area (Å²) in [6.45, 7) is 2.96. The van der Waals surface area contributed by atoms with E-state index in [2.05, 4.69) is 20.2 Å². The minimum Gasteiger partial charge on any atom is -0.368 e. The Morgan fingerprint density at radius 2 is 2.04 bits per heavy atom. The van der Waals surface area contributed by atoms with Crippen molar-refractivity contribution < 1.29 is 4.92 Å². The molecule has 2 aromatic rings. The zero-order valence-electron chi connectivity index (χ0n) is 13.8. The first-order valence-corrected chi connectivity index (χ1v) is 8.48. The number of rotatable bonds is 3. The summed E-state index contributed by atoms with van der Waals surface area (Å²) in [7, 11) is 0. The van der Waals surface area contributed by atoms with Crippen LogP contribution in [0.2, 0.25) is 0 Å². The van der Waals surface area contributed by atoms with E-state index in [4.69, 9.17) is 5.73 Å². The molecule has 0 bridgehead atoms. The number of aromatic nitrogens is 2. The summed E-state index contributed by atoms with van der Waals surface area (Å²) in [6, 6.07) is 8.75. The number of non-ortho nitro benzene ring substituents is 1. The van der Waals surface area contributed by atoms with E-state index in [1.165, 1.54) is 25.0 Å². The van der Waals surface area contributed by atoms with Gasteiger partial charge in [0.25, 0.3) is 5.69 Å². The Balaban J connectivity index is 1.61. The van der Waals surface area contributed by atoms with Gasteiger partial charge in [0.15, 0.2) is 0 Å². The maximum absolute atomic E-state index is 10.8. The fourth-order valence-electron chi connectivity index (χ4n) is 3.75. The Morgan fingerprint density at radius 3 is 2.76 bits per heavy atom. The first-order valence-electron chi connectivity index (χ1n) is 8.48. The van der Waals surface area contributed by atoms with Crippen LogP contribution in [0.1, 0.15) is 12.8 Å². The van der Waals surface area contributed by atoms with Gasteiger partial charge in [0.2, 0.25) is 5.95 Å². The molecule has 2 saturated heterocycles. The van der Waals surface area contributed by atoms with Crippen molar-refractivity contribution in [2.24, 2.45) is 5.92 Å². The van der Waals surface area contributed by atoms with Gasteiger partial charge in [0.05, 0.1) is 10.6 Å². The second kappa shape index (κ2) is 6.29. The van der Waals surface area contributed by atoms with Crippen LogP contribution < -0.4 is 16.0 Å². The van der Waals surface area contributed by atoms with Gasteiger partial charge in [-0.3, -0.25) is 10.1 Å². The van der Waals surface area contributed by atoms with Crippen molar-refractivity contribution in [2.75, 3.05) is 30.3 Å². The van der Waals surface area contributed by atoms with Crippen LogP contribution in [0.15, 0.2) is 30.3 Å². The molecule has 8 heteroatoms. The predicted octanol–water partition coefficient (Wildman–Crippen LogP) is 1.82. The Morgan fingerprint density at radius 1 is 1.24 bits per heavy atom. The summed E-state index contributed by atoms with van der Waals surface area (Å²) in [6.07, 6.45) is 2.46. The fraction of sp³-hybridized carbons (Fsp3) is 0.412. The highest BCUT2D eigenvalue weighted by molar-refractivity contribution is 5.65. The molecule has 0 radical (unpaired) electrons. The molecule has 8 nitrogen and oxygen atoms in total. The molecule has 0 saturated carbocycles. The standard InChI is InChI=1S/C17H20N6O2/c18-17-20-14(11-3-5-13(6-4-11)23(24)25)8-16(21-17)22-9-12-2-1-7-19-15(12)10-22/h3-6,8,12,15,19H,1-2,7,9-10H2,(H2,18,20,21). The van der Waals surface area contributed by atoms with E-state index in [1.54, 1.807) is 12.1 Å². The Bertz CT molecular complexity index is 780. The minimum absolute atomic E-state index is 0.0562. The van der Waals surface area contributed by atoms with Gasteiger partial charge in [-0.1, -0.05) is 0 Å². The molecule has 2 fully saturated rings. The molecule has 1 aromatic carbocycles. The van der Waals surface area contributed by atoms with Gasteiger partial charge in [-0.05, 0) is 37.4 Å². The number of hydrogen-bond donors (Lipinski definition) is 2. The SMILES string of the molecule is Nc1nc(-c2ccc([N+](=O)[O-])cc2)cc(N2CC3CCCNC3C2)n1. The molecule has 0 aliphatic carbocycles. The van der Waals surface area contributed by atoms with Crippen LogP contribution >= 0.6 is 0 Å². The molecule has 0 amide bonds. The van der Waals surface area contributed by atoms with Crippen LogP contribution in [0.4, 0.5) is 17.5 Å². The lowest BCUT2D eigenvalue weighted by molar-refractivity contribution is -0.384. The van der Waals surface area contributed by atoms with Gasteiger partial charge in [-0.2, -0.15) is 4.98 Å². The third kappa shape index (κ3) is 3.12. The van der Waals surface area contributed by atoms with Gasteiger partial charge in [0.1, 0.15) is 5.82 Å². The van der Waals surface area contributed by atoms with Crippen LogP contribution in [0.25, 0.3) is 11.3 Å². The number of hydrogen-bond acceptors (Lipinski definition) is 7. The number of nitro groups is 1. The van der Waals surface area contributed by atoms with Crippen molar-refractivity contribution in [1.82, 2.24) is 15.3 Å². The number of nitrogens with two attached hydrogens (primary N) is 1. The van der Waals surface area contributed by atoms with E-state index < -0.39 is 4.92 Å². The lowest BCUT2D eigenvalue weighted by Gasteiger charge is -2.24. The number of nitro benzene ring substituents is 1. The van der Waals surface area contributed by atoms with Crippen molar-refractivity contribution in [2.45, 2.75) is 18.9 Å². The highest BCUT2D eigenvalue weighted by Gasteiger charge is 2.35. The average Bonchev–Trinajstić information content (AvgIpc) is 3.05. The summed E-state index contributed by atoms with van der Waals surface area (Å²) in [4.78, 5) is 21.3. The van der Waals surface area contributed by atoms with Crippen molar-refractivity contribution in [1.29, 1.82) is 0 Å². The molecule has 130 valence electrons. The van der Waals surface area contributed by atoms with Crippen molar-refractivity contribution >= 4 is 17.5 Å². The first-order chi connectivity index (χ1) is 12.1. The summed E-state index contributed by atoms with van der Waals surface area (Å²) in [5, 5.41) is 14.4. The summed E-state index contributed by atoms with van der Waals surface area (Å²) in [5.74, 6) is 1.68. The first kappa shape index (κ1) is 15.8. The lowest BCUT2D eigenvalue weighted by atomic mass is 9.94. The molecule has 25 heavy (non-hydrogen) atoms. The minimum atomic E-state index is -0.414. The third-order valence-corrected chi connectivity index (χ3v) is 5.03. The van der Waals surface area contributed by atoms with Gasteiger partial charge >= 0.3 is 0 Å². The number of anilines is 2. The maximum Gasteiger partial charge on any atom is 0.269 e. The summed E-state index contributed by atoms with van der Waals surface area (Å²) < 4.78 is 0. The molecule has 0 spiro atoms. The molecule has 3 N–H and O–H groups in total. The second-order valence-electron chi connectivity index (χ2n) is 6.64. The zero-order chi connectivity index (χ0) is 17.4.